The summed E-state index contributed by atoms with van der Waals surface area (Å²) in [5.74, 6) is -0.207. The minimum absolute atomic E-state index is 0.0926. The quantitative estimate of drug-likeness (QED) is 0.733. The van der Waals surface area contributed by atoms with Gasteiger partial charge in [-0.25, -0.2) is 0 Å². The maximum absolute atomic E-state index is 12.5. The van der Waals surface area contributed by atoms with Crippen LogP contribution in [0.15, 0.2) is 18.2 Å². The van der Waals surface area contributed by atoms with Gasteiger partial charge in [0.1, 0.15) is 5.75 Å². The van der Waals surface area contributed by atoms with Gasteiger partial charge in [0, 0.05) is 12.4 Å². The summed E-state index contributed by atoms with van der Waals surface area (Å²) in [6.07, 6.45) is -4.51. The van der Waals surface area contributed by atoms with Gasteiger partial charge in [-0.1, -0.05) is 0 Å². The van der Waals surface area contributed by atoms with E-state index in [2.05, 4.69) is 5.10 Å². The molecule has 1 heterocycles. The molecule has 0 unspecified atom stereocenters. The van der Waals surface area contributed by atoms with E-state index in [1.807, 2.05) is 0 Å². The van der Waals surface area contributed by atoms with Crippen molar-refractivity contribution in [1.29, 1.82) is 0 Å². The number of hydrogen-bond acceptors (Lipinski definition) is 2. The highest BCUT2D eigenvalue weighted by molar-refractivity contribution is 5.83. The molecular weight excluding hydrogens is 209 g/mol. The van der Waals surface area contributed by atoms with Gasteiger partial charge in [-0.15, -0.1) is 0 Å². The summed E-state index contributed by atoms with van der Waals surface area (Å²) in [6, 6.07) is 3.78. The van der Waals surface area contributed by atoms with Gasteiger partial charge in [-0.2, -0.15) is 18.3 Å². The zero-order valence-corrected chi connectivity index (χ0v) is 7.71. The first-order valence-electron chi connectivity index (χ1n) is 4.12. The molecule has 1 N–H and O–H groups in total. The third kappa shape index (κ3) is 1.51. The van der Waals surface area contributed by atoms with Crippen LogP contribution in [0.25, 0.3) is 10.9 Å². The fraction of sp³-hybridized carbons (Fsp3) is 0.222. The summed E-state index contributed by atoms with van der Waals surface area (Å²) in [4.78, 5) is 0. The normalized spacial score (nSPS) is 12.3. The predicted molar refractivity (Wildman–Crippen MR) is 47.4 cm³/mol. The molecule has 0 fully saturated rings. The van der Waals surface area contributed by atoms with Crippen molar-refractivity contribution < 1.29 is 18.3 Å². The molecule has 15 heavy (non-hydrogen) atoms. The number of hydrogen-bond donors (Lipinski definition) is 1. The first kappa shape index (κ1) is 9.82. The SMILES string of the molecule is Cn1nc(C(F)(F)F)c2cc(O)ccc21. The third-order valence-electron chi connectivity index (χ3n) is 2.10. The number of aryl methyl sites for hydroxylation is 1. The molecule has 80 valence electrons. The van der Waals surface area contributed by atoms with E-state index in [0.717, 1.165) is 10.7 Å². The molecule has 0 aliphatic heterocycles. The zero-order valence-electron chi connectivity index (χ0n) is 7.71. The molecule has 0 radical (unpaired) electrons. The van der Waals surface area contributed by atoms with Gasteiger partial charge in [0.05, 0.1) is 5.52 Å². The van der Waals surface area contributed by atoms with Gasteiger partial charge < -0.3 is 5.11 Å². The Morgan fingerprint density at radius 2 is 2.00 bits per heavy atom. The van der Waals surface area contributed by atoms with Crippen molar-refractivity contribution in [3.63, 3.8) is 0 Å². The van der Waals surface area contributed by atoms with Crippen LogP contribution in [0.4, 0.5) is 13.2 Å². The monoisotopic (exact) mass is 216 g/mol. The minimum Gasteiger partial charge on any atom is -0.508 e. The molecular formula is C9H7F3N2O. The number of rotatable bonds is 0. The lowest BCUT2D eigenvalue weighted by Gasteiger charge is -2.01. The predicted octanol–water partition coefficient (Wildman–Crippen LogP) is 2.30. The summed E-state index contributed by atoms with van der Waals surface area (Å²) >= 11 is 0. The van der Waals surface area contributed by atoms with E-state index in [9.17, 15) is 13.2 Å². The number of aromatic nitrogens is 2. The third-order valence-corrected chi connectivity index (χ3v) is 2.10. The number of halogens is 3. The van der Waals surface area contributed by atoms with E-state index >= 15 is 0 Å². The number of benzene rings is 1. The first-order chi connectivity index (χ1) is 6.89. The molecule has 1 aromatic heterocycles. The highest BCUT2D eigenvalue weighted by Crippen LogP contribution is 2.34. The van der Waals surface area contributed by atoms with Crippen molar-refractivity contribution >= 4 is 10.9 Å². The van der Waals surface area contributed by atoms with Crippen molar-refractivity contribution in [2.45, 2.75) is 6.18 Å². The van der Waals surface area contributed by atoms with Gasteiger partial charge in [0.2, 0.25) is 0 Å². The van der Waals surface area contributed by atoms with Crippen LogP contribution in [0.2, 0.25) is 0 Å². The Morgan fingerprint density at radius 1 is 1.33 bits per heavy atom. The molecule has 0 saturated heterocycles. The van der Waals surface area contributed by atoms with Crippen LogP contribution in [-0.4, -0.2) is 14.9 Å². The van der Waals surface area contributed by atoms with Crippen molar-refractivity contribution in [3.05, 3.63) is 23.9 Å². The number of phenols is 1. The van der Waals surface area contributed by atoms with Gasteiger partial charge in [-0.05, 0) is 18.2 Å². The van der Waals surface area contributed by atoms with Crippen molar-refractivity contribution in [3.8, 4) is 5.75 Å². The molecule has 0 aliphatic rings. The Bertz CT molecular complexity index is 516. The van der Waals surface area contributed by atoms with Crippen LogP contribution < -0.4 is 0 Å². The van der Waals surface area contributed by atoms with Gasteiger partial charge in [-0.3, -0.25) is 4.68 Å². The Hall–Kier alpha value is -1.72. The molecule has 6 heteroatoms. The molecule has 0 spiro atoms. The number of aromatic hydroxyl groups is 1. The zero-order chi connectivity index (χ0) is 11.2. The molecule has 1 aromatic carbocycles. The second-order valence-electron chi connectivity index (χ2n) is 3.17. The van der Waals surface area contributed by atoms with Crippen molar-refractivity contribution in [2.24, 2.45) is 7.05 Å². The average molecular weight is 216 g/mol. The molecule has 0 amide bonds. The van der Waals surface area contributed by atoms with Crippen LogP contribution in [0, 0.1) is 0 Å². The lowest BCUT2D eigenvalue weighted by Crippen LogP contribution is -2.06. The van der Waals surface area contributed by atoms with Crippen molar-refractivity contribution in [2.75, 3.05) is 0 Å². The summed E-state index contributed by atoms with van der Waals surface area (Å²) in [7, 11) is 1.43. The Labute approximate surface area is 82.7 Å². The van der Waals surface area contributed by atoms with Gasteiger partial charge in [0.15, 0.2) is 5.69 Å². The van der Waals surface area contributed by atoms with Gasteiger partial charge >= 0.3 is 6.18 Å². The Kier molecular flexibility index (Phi) is 1.89. The van der Waals surface area contributed by atoms with E-state index in [0.29, 0.717) is 5.52 Å². The summed E-state index contributed by atoms with van der Waals surface area (Å²) < 4.78 is 38.7. The summed E-state index contributed by atoms with van der Waals surface area (Å²) in [5.41, 5.74) is -0.643. The van der Waals surface area contributed by atoms with E-state index in [-0.39, 0.29) is 11.1 Å². The fourth-order valence-corrected chi connectivity index (χ4v) is 1.46. The lowest BCUT2D eigenvalue weighted by atomic mass is 10.2. The highest BCUT2D eigenvalue weighted by Gasteiger charge is 2.36. The lowest BCUT2D eigenvalue weighted by molar-refractivity contribution is -0.140. The fourth-order valence-electron chi connectivity index (χ4n) is 1.46. The maximum Gasteiger partial charge on any atom is 0.435 e. The number of phenolic OH excluding ortho intramolecular Hbond substituents is 1. The summed E-state index contributed by atoms with van der Waals surface area (Å²) in [5, 5.41) is 12.4. The average Bonchev–Trinajstić information content (AvgIpc) is 2.42. The van der Waals surface area contributed by atoms with Crippen LogP contribution >= 0.6 is 0 Å². The number of fused-ring (bicyclic) bond motifs is 1. The van der Waals surface area contributed by atoms with Crippen LogP contribution in [0.1, 0.15) is 5.69 Å². The number of nitrogens with zero attached hydrogens (tertiary/aromatic N) is 2. The molecule has 0 saturated carbocycles. The number of alkyl halides is 3. The maximum atomic E-state index is 12.5. The minimum atomic E-state index is -4.51. The van der Waals surface area contributed by atoms with Crippen LogP contribution in [0.3, 0.4) is 0 Å². The van der Waals surface area contributed by atoms with Crippen molar-refractivity contribution in [1.82, 2.24) is 9.78 Å². The van der Waals surface area contributed by atoms with Crippen LogP contribution in [0.5, 0.6) is 5.75 Å². The van der Waals surface area contributed by atoms with E-state index in [4.69, 9.17) is 5.11 Å². The second-order valence-corrected chi connectivity index (χ2v) is 3.17. The van der Waals surface area contributed by atoms with Gasteiger partial charge in [0.25, 0.3) is 0 Å². The Balaban J connectivity index is 2.81. The second kappa shape index (κ2) is 2.88. The molecule has 3 nitrogen and oxygen atoms in total. The molecule has 0 aliphatic carbocycles. The smallest absolute Gasteiger partial charge is 0.435 e. The van der Waals surface area contributed by atoms with E-state index < -0.39 is 11.9 Å². The largest absolute Gasteiger partial charge is 0.508 e. The van der Waals surface area contributed by atoms with E-state index in [1.54, 1.807) is 0 Å². The molecule has 0 bridgehead atoms. The molecule has 2 rings (SSSR count). The first-order valence-corrected chi connectivity index (χ1v) is 4.12. The Morgan fingerprint density at radius 3 is 2.60 bits per heavy atom. The van der Waals surface area contributed by atoms with E-state index in [1.165, 1.54) is 19.2 Å². The molecule has 2 aromatic rings. The van der Waals surface area contributed by atoms with Crippen LogP contribution in [-0.2, 0) is 13.2 Å². The standard InChI is InChI=1S/C9H7F3N2O/c1-14-7-3-2-5(15)4-6(7)8(13-14)9(10,11)12/h2-4,15H,1H3. The topological polar surface area (TPSA) is 38.0 Å². The molecule has 0 atom stereocenters. The highest BCUT2D eigenvalue weighted by atomic mass is 19.4. The summed E-state index contributed by atoms with van der Waals surface area (Å²) in [6.45, 7) is 0.